The van der Waals surface area contributed by atoms with Gasteiger partial charge in [-0.05, 0) is 71.1 Å². The van der Waals surface area contributed by atoms with E-state index in [-0.39, 0.29) is 49.4 Å². The third-order valence-corrected chi connectivity index (χ3v) is 10.4. The second kappa shape index (κ2) is 14.9. The van der Waals surface area contributed by atoms with Crippen LogP contribution in [0.3, 0.4) is 0 Å². The first-order valence-electron chi connectivity index (χ1n) is 18.2. The largest absolute Gasteiger partial charge is 0.464 e. The van der Waals surface area contributed by atoms with Crippen LogP contribution in [0.5, 0.6) is 0 Å². The van der Waals surface area contributed by atoms with Crippen LogP contribution in [0.15, 0.2) is 48.7 Å². The minimum Gasteiger partial charge on any atom is -0.464 e. The van der Waals surface area contributed by atoms with Crippen LogP contribution in [0.1, 0.15) is 71.8 Å². The average molecular weight is 703 g/mol. The van der Waals surface area contributed by atoms with Crippen LogP contribution in [0.25, 0.3) is 10.9 Å². The molecular weight excluding hydrogens is 652 g/mol. The van der Waals surface area contributed by atoms with Gasteiger partial charge in [0.25, 0.3) is 0 Å². The third-order valence-electron chi connectivity index (χ3n) is 10.4. The van der Waals surface area contributed by atoms with Crippen molar-refractivity contribution in [1.82, 2.24) is 30.7 Å². The molecule has 2 saturated heterocycles. The summed E-state index contributed by atoms with van der Waals surface area (Å²) in [4.78, 5) is 76.3. The summed E-state index contributed by atoms with van der Waals surface area (Å²) < 4.78 is 10.9. The van der Waals surface area contributed by atoms with Gasteiger partial charge in [-0.2, -0.15) is 0 Å². The molecule has 274 valence electrons. The maximum Gasteiger partial charge on any atom is 0.408 e. The van der Waals surface area contributed by atoms with E-state index in [0.29, 0.717) is 32.4 Å². The van der Waals surface area contributed by atoms with Gasteiger partial charge in [-0.15, -0.1) is 0 Å². The van der Waals surface area contributed by atoms with Gasteiger partial charge in [-0.3, -0.25) is 14.6 Å². The number of carbonyl (C=O) groups is 5. The van der Waals surface area contributed by atoms with Crippen LogP contribution >= 0.6 is 0 Å². The molecule has 0 radical (unpaired) electrons. The van der Waals surface area contributed by atoms with Crippen LogP contribution in [-0.4, -0.2) is 94.2 Å². The van der Waals surface area contributed by atoms with Crippen molar-refractivity contribution in [1.29, 1.82) is 0 Å². The van der Waals surface area contributed by atoms with E-state index in [1.807, 2.05) is 42.5 Å². The molecule has 3 aliphatic heterocycles. The topological polar surface area (TPSA) is 159 Å². The highest BCUT2D eigenvalue weighted by Crippen LogP contribution is 2.47. The number of carbonyl (C=O) groups excluding carboxylic acids is 5. The minimum absolute atomic E-state index is 0.170. The molecule has 1 aromatic heterocycles. The van der Waals surface area contributed by atoms with E-state index in [0.717, 1.165) is 35.7 Å². The molecule has 1 aromatic carbocycles. The number of benzene rings is 1. The Morgan fingerprint density at radius 3 is 2.65 bits per heavy atom. The number of ether oxygens (including phenoxy) is 2. The molecule has 3 fully saturated rings. The molecule has 4 aliphatic rings. The van der Waals surface area contributed by atoms with Crippen molar-refractivity contribution in [3.05, 3.63) is 54.2 Å². The molecular formula is C38H50N6O7. The standard InChI is InChI=1S/C38H50N6O7/c1-5-50-34(47)38-19-26(38)13-9-7-6-8-10-16-30(41-36(49)51-37(2,3)4)33(46)44-22-25-21-43(23-28(25)31(44)32(45)42-38)35(48)40-20-24-17-18-39-29-15-12-11-14-27(24)29/h9,11-15,17-18,25-26,28,30-31H,5-8,10,16,19-23H2,1-4H3,(H,40,48)(H,41,49)(H,42,45)/b13-9-/t25-,26+,28-,30-,31-,38+/m0/s1. The Kier molecular flexibility index (Phi) is 10.5. The highest BCUT2D eigenvalue weighted by molar-refractivity contribution is 5.97. The first kappa shape index (κ1) is 36.1. The van der Waals surface area contributed by atoms with Gasteiger partial charge < -0.3 is 35.2 Å². The number of allylic oxidation sites excluding steroid dienone is 1. The molecule has 1 aliphatic carbocycles. The first-order chi connectivity index (χ1) is 24.4. The Labute approximate surface area is 298 Å². The predicted molar refractivity (Wildman–Crippen MR) is 189 cm³/mol. The van der Waals surface area contributed by atoms with Gasteiger partial charge >= 0.3 is 18.1 Å². The number of para-hydroxylation sites is 1. The molecule has 0 unspecified atom stereocenters. The Balaban J connectivity index is 1.24. The van der Waals surface area contributed by atoms with Gasteiger partial charge in [-0.25, -0.2) is 14.4 Å². The quantitative estimate of drug-likeness (QED) is 0.311. The summed E-state index contributed by atoms with van der Waals surface area (Å²) in [7, 11) is 0. The molecule has 4 heterocycles. The number of hydrogen-bond acceptors (Lipinski definition) is 8. The summed E-state index contributed by atoms with van der Waals surface area (Å²) in [6.45, 7) is 8.29. The maximum atomic E-state index is 14.4. The summed E-state index contributed by atoms with van der Waals surface area (Å²) in [5.41, 5.74) is -0.197. The fourth-order valence-electron chi connectivity index (χ4n) is 7.82. The van der Waals surface area contributed by atoms with Crippen molar-refractivity contribution in [3.8, 4) is 0 Å². The number of amides is 5. The van der Waals surface area contributed by atoms with Gasteiger partial charge in [0.15, 0.2) is 0 Å². The van der Waals surface area contributed by atoms with Crippen molar-refractivity contribution < 1.29 is 33.4 Å². The number of pyridine rings is 1. The van der Waals surface area contributed by atoms with E-state index in [9.17, 15) is 24.0 Å². The molecule has 2 aromatic rings. The van der Waals surface area contributed by atoms with Gasteiger partial charge in [0.05, 0.1) is 12.1 Å². The smallest absolute Gasteiger partial charge is 0.408 e. The molecule has 0 spiro atoms. The number of fused-ring (bicyclic) bond motifs is 5. The number of aromatic nitrogens is 1. The van der Waals surface area contributed by atoms with Crippen molar-refractivity contribution in [2.45, 2.75) is 96.0 Å². The first-order valence-corrected chi connectivity index (χ1v) is 18.2. The van der Waals surface area contributed by atoms with E-state index in [1.165, 1.54) is 0 Å². The van der Waals surface area contributed by atoms with Crippen LogP contribution in [-0.2, 0) is 30.4 Å². The number of rotatable bonds is 5. The lowest BCUT2D eigenvalue weighted by atomic mass is 9.93. The fraction of sp³-hybridized carbons (Fsp3) is 0.579. The van der Waals surface area contributed by atoms with Gasteiger partial charge in [-0.1, -0.05) is 43.2 Å². The van der Waals surface area contributed by atoms with Crippen molar-refractivity contribution in [3.63, 3.8) is 0 Å². The number of nitrogens with zero attached hydrogens (tertiary/aromatic N) is 3. The zero-order valence-electron chi connectivity index (χ0n) is 30.0. The average Bonchev–Trinajstić information content (AvgIpc) is 3.42. The zero-order valence-corrected chi connectivity index (χ0v) is 30.0. The molecule has 3 N–H and O–H groups in total. The summed E-state index contributed by atoms with van der Waals surface area (Å²) in [5.74, 6) is -2.12. The zero-order chi connectivity index (χ0) is 36.3. The lowest BCUT2D eigenvalue weighted by Crippen LogP contribution is -2.58. The second-order valence-electron chi connectivity index (χ2n) is 15.2. The van der Waals surface area contributed by atoms with Crippen LogP contribution in [0, 0.1) is 17.8 Å². The van der Waals surface area contributed by atoms with E-state index in [2.05, 4.69) is 20.9 Å². The number of likely N-dealkylation sites (tertiary alicyclic amines) is 1. The normalized spacial score (nSPS) is 28.7. The molecule has 13 heteroatoms. The molecule has 6 atom stereocenters. The number of alkyl carbamates (subject to hydrolysis) is 1. The molecule has 5 amide bonds. The van der Waals surface area contributed by atoms with Gasteiger partial charge in [0, 0.05) is 55.5 Å². The maximum absolute atomic E-state index is 14.4. The van der Waals surface area contributed by atoms with Gasteiger partial charge in [0.1, 0.15) is 23.2 Å². The van der Waals surface area contributed by atoms with Crippen LogP contribution in [0.2, 0.25) is 0 Å². The predicted octanol–water partition coefficient (Wildman–Crippen LogP) is 4.05. The number of urea groups is 1. The summed E-state index contributed by atoms with van der Waals surface area (Å²) in [6.07, 6.45) is 9.02. The van der Waals surface area contributed by atoms with Crippen LogP contribution < -0.4 is 16.0 Å². The summed E-state index contributed by atoms with van der Waals surface area (Å²) >= 11 is 0. The van der Waals surface area contributed by atoms with E-state index in [1.54, 1.807) is 43.7 Å². The highest BCUT2D eigenvalue weighted by Gasteiger charge is 2.63. The third kappa shape index (κ3) is 7.97. The lowest BCUT2D eigenvalue weighted by Gasteiger charge is -2.33. The summed E-state index contributed by atoms with van der Waals surface area (Å²) in [5, 5.41) is 9.81. The Morgan fingerprint density at radius 2 is 1.86 bits per heavy atom. The highest BCUT2D eigenvalue weighted by atomic mass is 16.6. The minimum atomic E-state index is -1.21. The van der Waals surface area contributed by atoms with E-state index >= 15 is 0 Å². The Morgan fingerprint density at radius 1 is 1.06 bits per heavy atom. The second-order valence-corrected chi connectivity index (χ2v) is 15.2. The monoisotopic (exact) mass is 702 g/mol. The van der Waals surface area contributed by atoms with E-state index in [4.69, 9.17) is 9.47 Å². The summed E-state index contributed by atoms with van der Waals surface area (Å²) in [6, 6.07) is 7.50. The van der Waals surface area contributed by atoms with Crippen molar-refractivity contribution in [2.75, 3.05) is 26.2 Å². The number of hydrogen-bond donors (Lipinski definition) is 3. The number of nitrogens with one attached hydrogen (secondary N) is 3. The lowest BCUT2D eigenvalue weighted by molar-refractivity contribution is -0.150. The molecule has 51 heavy (non-hydrogen) atoms. The van der Waals surface area contributed by atoms with E-state index < -0.39 is 41.2 Å². The molecule has 1 saturated carbocycles. The molecule has 13 nitrogen and oxygen atoms in total. The van der Waals surface area contributed by atoms with Gasteiger partial charge in [0.2, 0.25) is 11.8 Å². The van der Waals surface area contributed by atoms with Crippen molar-refractivity contribution >= 4 is 40.8 Å². The number of esters is 1. The Hall–Kier alpha value is -4.68. The molecule has 6 rings (SSSR count). The SMILES string of the molecule is CCOC(=O)[C@@]12C[C@H]1/C=C\CCCCC[C@H](NC(=O)OC(C)(C)C)C(=O)N1C[C@@H]3CN(C(=O)NCc4ccnc5ccccc45)C[C@@H]3[C@H]1C(=O)N2. The van der Waals surface area contributed by atoms with Crippen molar-refractivity contribution in [2.24, 2.45) is 17.8 Å². The molecule has 0 bridgehead atoms. The fourth-order valence-corrected chi connectivity index (χ4v) is 7.82. The Bertz CT molecular complexity index is 1680. The van der Waals surface area contributed by atoms with Crippen LogP contribution in [0.4, 0.5) is 9.59 Å².